The van der Waals surface area contributed by atoms with Crippen molar-refractivity contribution in [2.75, 3.05) is 6.54 Å². The molecule has 1 aromatic heterocycles. The van der Waals surface area contributed by atoms with Crippen LogP contribution in [0, 0.1) is 0 Å². The number of rotatable bonds is 7. The first kappa shape index (κ1) is 25.8. The van der Waals surface area contributed by atoms with E-state index in [0.717, 1.165) is 5.56 Å². The molecule has 2 aromatic rings. The molecule has 0 fully saturated rings. The Balaban J connectivity index is 2.13. The Labute approximate surface area is 189 Å². The van der Waals surface area contributed by atoms with E-state index in [1.165, 1.54) is 24.3 Å². The van der Waals surface area contributed by atoms with Gasteiger partial charge in [0.15, 0.2) is 11.0 Å². The maximum absolute atomic E-state index is 14.7. The third-order valence-electron chi connectivity index (χ3n) is 4.14. The van der Waals surface area contributed by atoms with E-state index >= 15 is 0 Å². The number of nitrogens with two attached hydrogens (primary N) is 1. The van der Waals surface area contributed by atoms with Crippen molar-refractivity contribution in [2.24, 2.45) is 5.73 Å². The van der Waals surface area contributed by atoms with Gasteiger partial charge in [0.25, 0.3) is 5.91 Å². The molecule has 0 aliphatic heterocycles. The van der Waals surface area contributed by atoms with Gasteiger partial charge in [-0.15, -0.1) is 0 Å². The Hall–Kier alpha value is -2.47. The largest absolute Gasteiger partial charge is 0.493 e. The van der Waals surface area contributed by atoms with Crippen molar-refractivity contribution in [1.29, 1.82) is 0 Å². The van der Waals surface area contributed by atoms with E-state index in [4.69, 9.17) is 28.9 Å². The number of amides is 1. The van der Waals surface area contributed by atoms with E-state index in [1.54, 1.807) is 18.3 Å². The number of aliphatic hydroxyl groups excluding tert-OH is 1. The van der Waals surface area contributed by atoms with Crippen molar-refractivity contribution in [2.45, 2.75) is 29.8 Å². The average Bonchev–Trinajstić information content (AvgIpc) is 2.76. The smallest absolute Gasteiger partial charge is 0.388 e. The molecule has 2 rings (SSSR count). The van der Waals surface area contributed by atoms with E-state index in [-0.39, 0.29) is 17.2 Å². The Morgan fingerprint density at radius 3 is 2.19 bits per heavy atom. The molecule has 0 aliphatic carbocycles. The summed E-state index contributed by atoms with van der Waals surface area (Å²) < 4.78 is 52.0. The molecule has 0 aliphatic rings. The van der Waals surface area contributed by atoms with E-state index in [0.29, 0.717) is 11.3 Å². The second-order valence-electron chi connectivity index (χ2n) is 6.41. The van der Waals surface area contributed by atoms with Gasteiger partial charge in [0, 0.05) is 18.3 Å². The van der Waals surface area contributed by atoms with Crippen LogP contribution in [0.1, 0.15) is 17.4 Å². The Morgan fingerprint density at radius 1 is 1.12 bits per heavy atom. The van der Waals surface area contributed by atoms with Gasteiger partial charge in [-0.1, -0.05) is 53.5 Å². The molecule has 1 aromatic carbocycles. The molecule has 2 atom stereocenters. The van der Waals surface area contributed by atoms with Gasteiger partial charge in [-0.25, -0.2) is 9.18 Å². The van der Waals surface area contributed by atoms with Crippen molar-refractivity contribution >= 4 is 35.1 Å². The number of halogens is 6. The fourth-order valence-corrected chi connectivity index (χ4v) is 2.71. The molecule has 1 amide bonds. The highest BCUT2D eigenvalue weighted by Gasteiger charge is 2.44. The summed E-state index contributed by atoms with van der Waals surface area (Å²) in [5.74, 6) is -4.25. The zero-order valence-electron chi connectivity index (χ0n) is 16.1. The van der Waals surface area contributed by atoms with Crippen LogP contribution < -0.4 is 5.73 Å². The SMILES string of the molecule is NCc1ccc(-c2ccc(C(F)C(O)CN(OC(=O)C(F)(F)F)C(=O)C(Cl)Cl)cc2)cn1. The van der Waals surface area contributed by atoms with Crippen LogP contribution in [-0.4, -0.2) is 50.7 Å². The number of benzene rings is 1. The molecule has 3 N–H and O–H groups in total. The van der Waals surface area contributed by atoms with Crippen LogP contribution in [-0.2, 0) is 21.0 Å². The molecule has 7 nitrogen and oxygen atoms in total. The van der Waals surface area contributed by atoms with Crippen molar-refractivity contribution in [3.63, 3.8) is 0 Å². The van der Waals surface area contributed by atoms with E-state index in [9.17, 15) is 32.3 Å². The third-order valence-corrected chi connectivity index (χ3v) is 4.52. The van der Waals surface area contributed by atoms with Crippen molar-refractivity contribution in [3.8, 4) is 11.1 Å². The lowest BCUT2D eigenvalue weighted by atomic mass is 10.0. The molecule has 174 valence electrons. The van der Waals surface area contributed by atoms with Crippen LogP contribution in [0.25, 0.3) is 11.1 Å². The summed E-state index contributed by atoms with van der Waals surface area (Å²) in [5.41, 5.74) is 7.51. The maximum atomic E-state index is 14.7. The summed E-state index contributed by atoms with van der Waals surface area (Å²) >= 11 is 10.6. The molecular weight excluding hydrogens is 481 g/mol. The molecular formula is C19H17Cl2F4N3O4. The number of pyridine rings is 1. The van der Waals surface area contributed by atoms with Crippen LogP contribution in [0.2, 0.25) is 0 Å². The van der Waals surface area contributed by atoms with Gasteiger partial charge in [0.05, 0.1) is 12.2 Å². The van der Waals surface area contributed by atoms with Gasteiger partial charge >= 0.3 is 12.1 Å². The molecule has 13 heteroatoms. The van der Waals surface area contributed by atoms with E-state index < -0.39 is 41.7 Å². The van der Waals surface area contributed by atoms with Gasteiger partial charge in [-0.05, 0) is 17.2 Å². The summed E-state index contributed by atoms with van der Waals surface area (Å²) in [4.78, 5) is 29.0. The van der Waals surface area contributed by atoms with Crippen molar-refractivity contribution < 1.29 is 37.1 Å². The minimum Gasteiger partial charge on any atom is -0.388 e. The summed E-state index contributed by atoms with van der Waals surface area (Å²) in [6.45, 7) is -0.878. The first-order valence-corrected chi connectivity index (χ1v) is 9.77. The quantitative estimate of drug-likeness (QED) is 0.345. The highest BCUT2D eigenvalue weighted by atomic mass is 35.5. The van der Waals surface area contributed by atoms with Gasteiger partial charge in [0.1, 0.15) is 6.10 Å². The lowest BCUT2D eigenvalue weighted by molar-refractivity contribution is -0.240. The minimum atomic E-state index is -5.44. The average molecular weight is 498 g/mol. The monoisotopic (exact) mass is 497 g/mol. The Morgan fingerprint density at radius 2 is 1.72 bits per heavy atom. The van der Waals surface area contributed by atoms with Gasteiger partial charge in [0.2, 0.25) is 0 Å². The standard InChI is InChI=1S/C19H17Cl2F4N3O4/c20-16(21)17(30)28(32-18(31)19(23,24)25)9-14(29)15(22)11-3-1-10(2-4-11)12-5-6-13(7-26)27-8-12/h1-6,8,14-16,29H,7,9,26H2. The van der Waals surface area contributed by atoms with Crippen LogP contribution in [0.15, 0.2) is 42.6 Å². The Bertz CT molecular complexity index is 928. The highest BCUT2D eigenvalue weighted by Crippen LogP contribution is 2.27. The van der Waals surface area contributed by atoms with Crippen molar-refractivity contribution in [1.82, 2.24) is 10.0 Å². The Kier molecular flexibility index (Phi) is 8.79. The number of carbonyl (C=O) groups excluding carboxylic acids is 2. The fourth-order valence-electron chi connectivity index (χ4n) is 2.49. The number of aliphatic hydroxyl groups is 1. The van der Waals surface area contributed by atoms with Gasteiger partial charge < -0.3 is 15.7 Å². The lowest BCUT2D eigenvalue weighted by Crippen LogP contribution is -2.45. The molecule has 0 saturated heterocycles. The van der Waals surface area contributed by atoms with Crippen LogP contribution >= 0.6 is 23.2 Å². The summed E-state index contributed by atoms with van der Waals surface area (Å²) in [6, 6.07) is 9.22. The number of nitrogens with zero attached hydrogens (tertiary/aromatic N) is 2. The van der Waals surface area contributed by atoms with Crippen LogP contribution in [0.3, 0.4) is 0 Å². The normalized spacial score (nSPS) is 13.5. The van der Waals surface area contributed by atoms with E-state index in [1.807, 2.05) is 0 Å². The highest BCUT2D eigenvalue weighted by molar-refractivity contribution is 6.53. The zero-order chi connectivity index (χ0) is 24.1. The zero-order valence-corrected chi connectivity index (χ0v) is 17.6. The molecule has 0 bridgehead atoms. The number of alkyl halides is 6. The fraction of sp³-hybridized carbons (Fsp3) is 0.316. The molecule has 32 heavy (non-hydrogen) atoms. The predicted octanol–water partition coefficient (Wildman–Crippen LogP) is 3.23. The number of carbonyl (C=O) groups is 2. The first-order valence-electron chi connectivity index (χ1n) is 8.90. The van der Waals surface area contributed by atoms with Gasteiger partial charge in [-0.2, -0.15) is 18.2 Å². The number of hydroxylamine groups is 2. The first-order chi connectivity index (χ1) is 14.9. The number of aromatic nitrogens is 1. The molecule has 2 unspecified atom stereocenters. The summed E-state index contributed by atoms with van der Waals surface area (Å²) in [7, 11) is 0. The van der Waals surface area contributed by atoms with Crippen molar-refractivity contribution in [3.05, 3.63) is 53.9 Å². The molecule has 0 spiro atoms. The van der Waals surface area contributed by atoms with Crippen LogP contribution in [0.4, 0.5) is 17.6 Å². The molecule has 0 radical (unpaired) electrons. The maximum Gasteiger partial charge on any atom is 0.493 e. The summed E-state index contributed by atoms with van der Waals surface area (Å²) in [6.07, 6.45) is -8.08. The van der Waals surface area contributed by atoms with Gasteiger partial charge in [-0.3, -0.25) is 9.78 Å². The second kappa shape index (κ2) is 10.9. The second-order valence-corrected chi connectivity index (χ2v) is 7.51. The van der Waals surface area contributed by atoms with Crippen LogP contribution in [0.5, 0.6) is 0 Å². The van der Waals surface area contributed by atoms with E-state index in [2.05, 4.69) is 9.82 Å². The molecule has 0 saturated carbocycles. The minimum absolute atomic E-state index is 0.0457. The summed E-state index contributed by atoms with van der Waals surface area (Å²) in [5, 5.41) is 9.86. The lowest BCUT2D eigenvalue weighted by Gasteiger charge is -2.26. The topological polar surface area (TPSA) is 106 Å². The third kappa shape index (κ3) is 6.76. The predicted molar refractivity (Wildman–Crippen MR) is 107 cm³/mol. The number of hydrogen-bond acceptors (Lipinski definition) is 6. The number of hydrogen-bond donors (Lipinski definition) is 2. The molecule has 1 heterocycles.